The summed E-state index contributed by atoms with van der Waals surface area (Å²) in [5, 5.41) is 9.91. The standard InChI is InChI=1S/C13H23N3O3/c1-13(2,3)11-7-10(15-16-11)8-14-12(17)9-19-6-5-18-4/h7H,5-6,8-9H2,1-4H3,(H,14,17)(H,15,16). The van der Waals surface area contributed by atoms with Gasteiger partial charge in [0.05, 0.1) is 31.1 Å². The number of methoxy groups -OCH3 is 1. The molecule has 0 radical (unpaired) electrons. The number of aromatic nitrogens is 2. The SMILES string of the molecule is COCCOCC(=O)NCc1cc(C(C)(C)C)n[nH]1. The molecule has 19 heavy (non-hydrogen) atoms. The minimum atomic E-state index is -0.150. The summed E-state index contributed by atoms with van der Waals surface area (Å²) in [5.41, 5.74) is 1.87. The summed E-state index contributed by atoms with van der Waals surface area (Å²) in [7, 11) is 1.59. The van der Waals surface area contributed by atoms with Gasteiger partial charge in [-0.1, -0.05) is 20.8 Å². The molecule has 1 amide bonds. The van der Waals surface area contributed by atoms with Gasteiger partial charge in [0.25, 0.3) is 0 Å². The van der Waals surface area contributed by atoms with Crippen LogP contribution in [-0.2, 0) is 26.2 Å². The number of hydrogen-bond donors (Lipinski definition) is 2. The zero-order chi connectivity index (χ0) is 14.3. The maximum atomic E-state index is 11.5. The predicted molar refractivity (Wildman–Crippen MR) is 71.8 cm³/mol. The summed E-state index contributed by atoms with van der Waals surface area (Å²) in [6.45, 7) is 7.66. The van der Waals surface area contributed by atoms with Gasteiger partial charge in [-0.25, -0.2) is 0 Å². The molecule has 0 atom stereocenters. The van der Waals surface area contributed by atoms with E-state index < -0.39 is 0 Å². The molecule has 1 aromatic heterocycles. The van der Waals surface area contributed by atoms with Gasteiger partial charge in [0.1, 0.15) is 6.61 Å². The van der Waals surface area contributed by atoms with Crippen molar-refractivity contribution in [3.63, 3.8) is 0 Å². The number of hydrogen-bond acceptors (Lipinski definition) is 4. The molecule has 0 bridgehead atoms. The van der Waals surface area contributed by atoms with Crippen LogP contribution in [0.2, 0.25) is 0 Å². The highest BCUT2D eigenvalue weighted by atomic mass is 16.5. The Morgan fingerprint density at radius 3 is 2.74 bits per heavy atom. The Hall–Kier alpha value is -1.40. The molecule has 1 rings (SSSR count). The molecular formula is C13H23N3O3. The first-order valence-corrected chi connectivity index (χ1v) is 6.31. The van der Waals surface area contributed by atoms with Crippen molar-refractivity contribution < 1.29 is 14.3 Å². The third kappa shape index (κ3) is 5.85. The fraction of sp³-hybridized carbons (Fsp3) is 0.692. The third-order valence-electron chi connectivity index (χ3n) is 2.54. The van der Waals surface area contributed by atoms with Crippen LogP contribution in [0.1, 0.15) is 32.2 Å². The molecule has 0 aliphatic carbocycles. The number of H-pyrrole nitrogens is 1. The van der Waals surface area contributed by atoms with E-state index in [1.807, 2.05) is 6.07 Å². The fourth-order valence-corrected chi connectivity index (χ4v) is 1.39. The number of nitrogens with one attached hydrogen (secondary N) is 2. The Kier molecular flexibility index (Phi) is 5.98. The highest BCUT2D eigenvalue weighted by Crippen LogP contribution is 2.19. The van der Waals surface area contributed by atoms with Gasteiger partial charge < -0.3 is 14.8 Å². The minimum Gasteiger partial charge on any atom is -0.382 e. The van der Waals surface area contributed by atoms with E-state index in [0.717, 1.165) is 11.4 Å². The Morgan fingerprint density at radius 2 is 2.16 bits per heavy atom. The van der Waals surface area contributed by atoms with Crippen molar-refractivity contribution in [1.29, 1.82) is 0 Å². The summed E-state index contributed by atoms with van der Waals surface area (Å²) in [5.74, 6) is -0.150. The normalized spacial score (nSPS) is 11.6. The van der Waals surface area contributed by atoms with E-state index in [1.165, 1.54) is 0 Å². The van der Waals surface area contributed by atoms with Gasteiger partial charge in [-0.05, 0) is 6.07 Å². The number of ether oxygens (including phenoxy) is 2. The van der Waals surface area contributed by atoms with Crippen molar-refractivity contribution in [3.05, 3.63) is 17.5 Å². The van der Waals surface area contributed by atoms with E-state index in [4.69, 9.17) is 9.47 Å². The van der Waals surface area contributed by atoms with E-state index in [-0.39, 0.29) is 17.9 Å². The first-order valence-electron chi connectivity index (χ1n) is 6.31. The second-order valence-electron chi connectivity index (χ2n) is 5.35. The van der Waals surface area contributed by atoms with Gasteiger partial charge in [-0.3, -0.25) is 9.89 Å². The van der Waals surface area contributed by atoms with Crippen molar-refractivity contribution in [3.8, 4) is 0 Å². The maximum Gasteiger partial charge on any atom is 0.246 e. The Morgan fingerprint density at radius 1 is 1.42 bits per heavy atom. The highest BCUT2D eigenvalue weighted by Gasteiger charge is 2.17. The maximum absolute atomic E-state index is 11.5. The average molecular weight is 269 g/mol. The number of carbonyl (C=O) groups is 1. The summed E-state index contributed by atoms with van der Waals surface area (Å²) >= 11 is 0. The van der Waals surface area contributed by atoms with Gasteiger partial charge in [0.2, 0.25) is 5.91 Å². The lowest BCUT2D eigenvalue weighted by molar-refractivity contribution is -0.126. The summed E-state index contributed by atoms with van der Waals surface area (Å²) in [4.78, 5) is 11.5. The van der Waals surface area contributed by atoms with Crippen molar-refractivity contribution in [2.45, 2.75) is 32.7 Å². The highest BCUT2D eigenvalue weighted by molar-refractivity contribution is 5.77. The average Bonchev–Trinajstić information content (AvgIpc) is 2.81. The van der Waals surface area contributed by atoms with Crippen LogP contribution in [0.25, 0.3) is 0 Å². The van der Waals surface area contributed by atoms with Crippen LogP contribution in [0, 0.1) is 0 Å². The number of nitrogens with zero attached hydrogens (tertiary/aromatic N) is 1. The van der Waals surface area contributed by atoms with Gasteiger partial charge in [0.15, 0.2) is 0 Å². The lowest BCUT2D eigenvalue weighted by Gasteiger charge is -2.13. The predicted octanol–water partition coefficient (Wildman–Crippen LogP) is 0.986. The molecule has 6 nitrogen and oxygen atoms in total. The van der Waals surface area contributed by atoms with Gasteiger partial charge in [-0.15, -0.1) is 0 Å². The smallest absolute Gasteiger partial charge is 0.246 e. The molecule has 0 saturated heterocycles. The second kappa shape index (κ2) is 7.25. The van der Waals surface area contributed by atoms with Crippen LogP contribution in [-0.4, -0.2) is 43.0 Å². The van der Waals surface area contributed by atoms with Gasteiger partial charge >= 0.3 is 0 Å². The lowest BCUT2D eigenvalue weighted by atomic mass is 9.92. The van der Waals surface area contributed by atoms with Crippen LogP contribution in [0.5, 0.6) is 0 Å². The molecule has 6 heteroatoms. The molecule has 0 spiro atoms. The van der Waals surface area contributed by atoms with Crippen LogP contribution >= 0.6 is 0 Å². The quantitative estimate of drug-likeness (QED) is 0.724. The summed E-state index contributed by atoms with van der Waals surface area (Å²) < 4.78 is 9.94. The van der Waals surface area contributed by atoms with Crippen LogP contribution in [0.15, 0.2) is 6.07 Å². The zero-order valence-corrected chi connectivity index (χ0v) is 12.1. The topological polar surface area (TPSA) is 76.2 Å². The number of amides is 1. The number of aromatic amines is 1. The molecular weight excluding hydrogens is 246 g/mol. The molecule has 1 aromatic rings. The molecule has 1 heterocycles. The fourth-order valence-electron chi connectivity index (χ4n) is 1.39. The van der Waals surface area contributed by atoms with E-state index in [1.54, 1.807) is 7.11 Å². The summed E-state index contributed by atoms with van der Waals surface area (Å²) in [6.07, 6.45) is 0. The first-order chi connectivity index (χ1) is 8.93. The van der Waals surface area contributed by atoms with E-state index in [9.17, 15) is 4.79 Å². The monoisotopic (exact) mass is 269 g/mol. The van der Waals surface area contributed by atoms with E-state index in [0.29, 0.717) is 19.8 Å². The largest absolute Gasteiger partial charge is 0.382 e. The molecule has 2 N–H and O–H groups in total. The van der Waals surface area contributed by atoms with Gasteiger partial charge in [0, 0.05) is 12.5 Å². The van der Waals surface area contributed by atoms with Crippen LogP contribution in [0.4, 0.5) is 0 Å². The van der Waals surface area contributed by atoms with Crippen molar-refractivity contribution in [1.82, 2.24) is 15.5 Å². The zero-order valence-electron chi connectivity index (χ0n) is 12.1. The van der Waals surface area contributed by atoms with Crippen molar-refractivity contribution in [2.75, 3.05) is 26.9 Å². The summed E-state index contributed by atoms with van der Waals surface area (Å²) in [6, 6.07) is 1.96. The third-order valence-corrected chi connectivity index (χ3v) is 2.54. The molecule has 108 valence electrons. The second-order valence-corrected chi connectivity index (χ2v) is 5.35. The molecule has 0 fully saturated rings. The molecule has 0 aliphatic rings. The molecule has 0 unspecified atom stereocenters. The van der Waals surface area contributed by atoms with Gasteiger partial charge in [-0.2, -0.15) is 5.10 Å². The number of carbonyl (C=O) groups excluding carboxylic acids is 1. The Balaban J connectivity index is 2.28. The Bertz CT molecular complexity index is 396. The molecule has 0 aliphatic heterocycles. The van der Waals surface area contributed by atoms with Crippen molar-refractivity contribution in [2.24, 2.45) is 0 Å². The van der Waals surface area contributed by atoms with Crippen molar-refractivity contribution >= 4 is 5.91 Å². The first kappa shape index (κ1) is 15.7. The molecule has 0 aromatic carbocycles. The number of rotatable bonds is 7. The minimum absolute atomic E-state index is 0.00201. The van der Waals surface area contributed by atoms with Crippen LogP contribution < -0.4 is 5.32 Å². The van der Waals surface area contributed by atoms with E-state index >= 15 is 0 Å². The molecule has 0 saturated carbocycles. The Labute approximate surface area is 113 Å². The van der Waals surface area contributed by atoms with E-state index in [2.05, 4.69) is 36.3 Å². The lowest BCUT2D eigenvalue weighted by Crippen LogP contribution is -2.27. The van der Waals surface area contributed by atoms with Crippen LogP contribution in [0.3, 0.4) is 0 Å².